The van der Waals surface area contributed by atoms with Gasteiger partial charge in [0.1, 0.15) is 0 Å². The first-order valence-electron chi connectivity index (χ1n) is 5.76. The molecule has 1 heterocycles. The zero-order chi connectivity index (χ0) is 12.1. The number of hydrogen-bond donors (Lipinski definition) is 1. The molecular weight excluding hydrogens is 202 g/mol. The molecule has 0 aliphatic carbocycles. The van der Waals surface area contributed by atoms with E-state index < -0.39 is 5.97 Å². The fourth-order valence-electron chi connectivity index (χ4n) is 1.92. The molecule has 3 nitrogen and oxygen atoms in total. The molecule has 0 saturated heterocycles. The summed E-state index contributed by atoms with van der Waals surface area (Å²) in [5, 5.41) is 8.84. The first kappa shape index (κ1) is 12.6. The molecule has 16 heavy (non-hydrogen) atoms. The lowest BCUT2D eigenvalue weighted by Crippen LogP contribution is -2.24. The van der Waals surface area contributed by atoms with Crippen molar-refractivity contribution in [1.29, 1.82) is 0 Å². The third-order valence-electron chi connectivity index (χ3n) is 2.68. The molecule has 0 fully saturated rings. The minimum Gasteiger partial charge on any atom is -0.478 e. The Bertz CT molecular complexity index is 374. The molecule has 1 aromatic carbocycles. The highest BCUT2D eigenvalue weighted by Crippen LogP contribution is 2.26. The van der Waals surface area contributed by atoms with E-state index in [9.17, 15) is 4.79 Å². The molecule has 0 amide bonds. The summed E-state index contributed by atoms with van der Waals surface area (Å²) in [6.45, 7) is 5.05. The van der Waals surface area contributed by atoms with E-state index >= 15 is 0 Å². The van der Waals surface area contributed by atoms with Crippen molar-refractivity contribution in [2.75, 3.05) is 18.5 Å². The van der Waals surface area contributed by atoms with E-state index in [-0.39, 0.29) is 0 Å². The minimum absolute atomic E-state index is 0.388. The van der Waals surface area contributed by atoms with Gasteiger partial charge in [0.15, 0.2) is 0 Å². The standard InChI is InChI=1S/C11H13NO2.C2H6/c1-12-6-2-3-8-7-9(11(13)14)4-5-10(8)12;1-2/h4-5,7H,2-3,6H2,1H3,(H,13,14);1-2H3. The molecule has 1 aromatic rings. The fourth-order valence-corrected chi connectivity index (χ4v) is 1.92. The van der Waals surface area contributed by atoms with Crippen LogP contribution in [-0.4, -0.2) is 24.7 Å². The quantitative estimate of drug-likeness (QED) is 0.792. The lowest BCUT2D eigenvalue weighted by Gasteiger charge is -2.27. The van der Waals surface area contributed by atoms with Crippen molar-refractivity contribution in [3.05, 3.63) is 29.3 Å². The molecule has 0 bridgehead atoms. The molecule has 0 radical (unpaired) electrons. The number of benzene rings is 1. The number of carboxylic acid groups (broad SMARTS) is 1. The Labute approximate surface area is 96.7 Å². The molecule has 0 unspecified atom stereocenters. The van der Waals surface area contributed by atoms with Crippen molar-refractivity contribution < 1.29 is 9.90 Å². The Morgan fingerprint density at radius 1 is 1.38 bits per heavy atom. The van der Waals surface area contributed by atoms with Gasteiger partial charge in [-0.15, -0.1) is 0 Å². The van der Waals surface area contributed by atoms with E-state index in [2.05, 4.69) is 4.90 Å². The molecule has 0 spiro atoms. The number of carbonyl (C=O) groups is 1. The van der Waals surface area contributed by atoms with Gasteiger partial charge in [0.25, 0.3) is 0 Å². The SMILES string of the molecule is CC.CN1CCCc2cc(C(=O)O)ccc21. The van der Waals surface area contributed by atoms with E-state index in [1.807, 2.05) is 27.0 Å². The predicted octanol–water partition coefficient (Wildman–Crippen LogP) is 2.79. The monoisotopic (exact) mass is 221 g/mol. The average Bonchev–Trinajstić information content (AvgIpc) is 2.31. The third kappa shape index (κ3) is 2.54. The number of rotatable bonds is 1. The summed E-state index contributed by atoms with van der Waals surface area (Å²) in [7, 11) is 2.04. The van der Waals surface area contributed by atoms with Crippen LogP contribution in [0.25, 0.3) is 0 Å². The van der Waals surface area contributed by atoms with Crippen LogP contribution in [0.2, 0.25) is 0 Å². The molecule has 0 atom stereocenters. The van der Waals surface area contributed by atoms with Crippen LogP contribution in [0.1, 0.15) is 36.2 Å². The van der Waals surface area contributed by atoms with Crippen LogP contribution in [0.5, 0.6) is 0 Å². The maximum atomic E-state index is 10.8. The van der Waals surface area contributed by atoms with Gasteiger partial charge >= 0.3 is 5.97 Å². The summed E-state index contributed by atoms with van der Waals surface area (Å²) in [4.78, 5) is 12.9. The first-order valence-corrected chi connectivity index (χ1v) is 5.76. The maximum Gasteiger partial charge on any atom is 0.335 e. The Hall–Kier alpha value is -1.51. The van der Waals surface area contributed by atoms with E-state index in [1.165, 1.54) is 5.69 Å². The summed E-state index contributed by atoms with van der Waals surface area (Å²) < 4.78 is 0. The predicted molar refractivity (Wildman–Crippen MR) is 66.3 cm³/mol. The van der Waals surface area contributed by atoms with Gasteiger partial charge in [-0.2, -0.15) is 0 Å². The summed E-state index contributed by atoms with van der Waals surface area (Å²) in [5.74, 6) is -0.846. The lowest BCUT2D eigenvalue weighted by atomic mass is 10.00. The second kappa shape index (κ2) is 5.54. The summed E-state index contributed by atoms with van der Waals surface area (Å²) in [6, 6.07) is 5.36. The van der Waals surface area contributed by atoms with E-state index in [0.29, 0.717) is 5.56 Å². The number of hydrogen-bond acceptors (Lipinski definition) is 2. The van der Waals surface area contributed by atoms with Gasteiger partial charge in [0, 0.05) is 19.3 Å². The number of fused-ring (bicyclic) bond motifs is 1. The third-order valence-corrected chi connectivity index (χ3v) is 2.68. The molecule has 0 aromatic heterocycles. The second-order valence-electron chi connectivity index (χ2n) is 3.67. The fraction of sp³-hybridized carbons (Fsp3) is 0.462. The normalized spacial score (nSPS) is 13.6. The molecular formula is C13H19NO2. The lowest BCUT2D eigenvalue weighted by molar-refractivity contribution is 0.0697. The van der Waals surface area contributed by atoms with Crippen molar-refractivity contribution in [2.45, 2.75) is 26.7 Å². The zero-order valence-corrected chi connectivity index (χ0v) is 10.2. The van der Waals surface area contributed by atoms with Gasteiger partial charge in [-0.05, 0) is 36.6 Å². The van der Waals surface area contributed by atoms with Crippen molar-refractivity contribution in [3.8, 4) is 0 Å². The molecule has 1 N–H and O–H groups in total. The summed E-state index contributed by atoms with van der Waals surface area (Å²) >= 11 is 0. The van der Waals surface area contributed by atoms with Gasteiger partial charge < -0.3 is 10.0 Å². The highest BCUT2D eigenvalue weighted by Gasteiger charge is 2.15. The minimum atomic E-state index is -0.846. The largest absolute Gasteiger partial charge is 0.478 e. The van der Waals surface area contributed by atoms with Crippen LogP contribution >= 0.6 is 0 Å². The highest BCUT2D eigenvalue weighted by atomic mass is 16.4. The summed E-state index contributed by atoms with van der Waals surface area (Å²) in [6.07, 6.45) is 2.09. The van der Waals surface area contributed by atoms with Crippen LogP contribution < -0.4 is 4.90 Å². The number of nitrogens with zero attached hydrogens (tertiary/aromatic N) is 1. The van der Waals surface area contributed by atoms with Crippen LogP contribution in [0.3, 0.4) is 0 Å². The molecule has 2 rings (SSSR count). The van der Waals surface area contributed by atoms with Crippen molar-refractivity contribution in [1.82, 2.24) is 0 Å². The van der Waals surface area contributed by atoms with Gasteiger partial charge in [-0.25, -0.2) is 4.79 Å². The van der Waals surface area contributed by atoms with E-state index in [0.717, 1.165) is 24.9 Å². The first-order chi connectivity index (χ1) is 7.68. The maximum absolute atomic E-state index is 10.8. The zero-order valence-electron chi connectivity index (χ0n) is 10.2. The molecule has 1 aliphatic rings. The number of aryl methyl sites for hydroxylation is 1. The highest BCUT2D eigenvalue weighted by molar-refractivity contribution is 5.88. The van der Waals surface area contributed by atoms with Gasteiger partial charge in [0.05, 0.1) is 5.56 Å². The molecule has 88 valence electrons. The molecule has 3 heteroatoms. The van der Waals surface area contributed by atoms with E-state index in [1.54, 1.807) is 12.1 Å². The van der Waals surface area contributed by atoms with Crippen LogP contribution in [-0.2, 0) is 6.42 Å². The summed E-state index contributed by atoms with van der Waals surface area (Å²) in [5.41, 5.74) is 2.71. The topological polar surface area (TPSA) is 40.5 Å². The van der Waals surface area contributed by atoms with Crippen molar-refractivity contribution in [3.63, 3.8) is 0 Å². The Morgan fingerprint density at radius 2 is 2.06 bits per heavy atom. The van der Waals surface area contributed by atoms with Gasteiger partial charge in [0.2, 0.25) is 0 Å². The Balaban J connectivity index is 0.000000606. The number of carboxylic acids is 1. The smallest absolute Gasteiger partial charge is 0.335 e. The Morgan fingerprint density at radius 3 is 2.69 bits per heavy atom. The number of aromatic carboxylic acids is 1. The van der Waals surface area contributed by atoms with Crippen LogP contribution in [0, 0.1) is 0 Å². The van der Waals surface area contributed by atoms with Crippen LogP contribution in [0.4, 0.5) is 5.69 Å². The van der Waals surface area contributed by atoms with Gasteiger partial charge in [-0.3, -0.25) is 0 Å². The molecule has 1 aliphatic heterocycles. The Kier molecular flexibility index (Phi) is 4.35. The number of anilines is 1. The van der Waals surface area contributed by atoms with Crippen LogP contribution in [0.15, 0.2) is 18.2 Å². The second-order valence-corrected chi connectivity index (χ2v) is 3.67. The van der Waals surface area contributed by atoms with Gasteiger partial charge in [-0.1, -0.05) is 13.8 Å². The van der Waals surface area contributed by atoms with Crippen molar-refractivity contribution >= 4 is 11.7 Å². The molecule has 0 saturated carbocycles. The average molecular weight is 221 g/mol. The van der Waals surface area contributed by atoms with Crippen molar-refractivity contribution in [2.24, 2.45) is 0 Å². The van der Waals surface area contributed by atoms with E-state index in [4.69, 9.17) is 5.11 Å².